The zero-order valence-electron chi connectivity index (χ0n) is 17.1. The van der Waals surface area contributed by atoms with Gasteiger partial charge in [-0.2, -0.15) is 0 Å². The molecule has 1 N–H and O–H groups in total. The second-order valence-corrected chi connectivity index (χ2v) is 6.66. The van der Waals surface area contributed by atoms with Gasteiger partial charge >= 0.3 is 6.03 Å². The minimum absolute atomic E-state index is 0.0500. The molecule has 0 bridgehead atoms. The Hall–Kier alpha value is -3.09. The van der Waals surface area contributed by atoms with Gasteiger partial charge < -0.3 is 29.3 Å². The van der Waals surface area contributed by atoms with E-state index in [-0.39, 0.29) is 6.03 Å². The summed E-state index contributed by atoms with van der Waals surface area (Å²) in [5.41, 5.74) is 1.15. The largest absolute Gasteiger partial charge is 0.497 e. The number of carbonyl (C=O) groups excluding carboxylic acids is 1. The van der Waals surface area contributed by atoms with Crippen LogP contribution in [0.15, 0.2) is 48.5 Å². The van der Waals surface area contributed by atoms with Gasteiger partial charge in [-0.3, -0.25) is 0 Å². The van der Waals surface area contributed by atoms with E-state index in [2.05, 4.69) is 10.2 Å². The lowest BCUT2D eigenvalue weighted by molar-refractivity contribution is 0.191. The van der Waals surface area contributed by atoms with Crippen LogP contribution in [0.3, 0.4) is 0 Å². The molecule has 0 unspecified atom stereocenters. The lowest BCUT2D eigenvalue weighted by atomic mass is 10.2. The second kappa shape index (κ2) is 10.5. The smallest absolute Gasteiger partial charge is 0.317 e. The summed E-state index contributed by atoms with van der Waals surface area (Å²) in [7, 11) is 1.66. The van der Waals surface area contributed by atoms with Crippen LogP contribution in [0.5, 0.6) is 17.2 Å². The predicted molar refractivity (Wildman–Crippen MR) is 113 cm³/mol. The molecule has 156 valence electrons. The summed E-state index contributed by atoms with van der Waals surface area (Å²) in [4.78, 5) is 16.5. The second-order valence-electron chi connectivity index (χ2n) is 6.66. The summed E-state index contributed by atoms with van der Waals surface area (Å²) < 4.78 is 16.3. The van der Waals surface area contributed by atoms with Crippen molar-refractivity contribution in [1.82, 2.24) is 10.2 Å². The normalized spacial score (nSPS) is 13.7. The molecule has 2 aromatic carbocycles. The highest BCUT2D eigenvalue weighted by Gasteiger charge is 2.21. The van der Waals surface area contributed by atoms with Crippen LogP contribution < -0.4 is 24.4 Å². The average Bonchev–Trinajstić information content (AvgIpc) is 2.77. The van der Waals surface area contributed by atoms with Crippen LogP contribution in [0.4, 0.5) is 10.5 Å². The maximum absolute atomic E-state index is 12.4. The molecule has 3 rings (SSSR count). The minimum atomic E-state index is -0.0500. The number of ether oxygens (including phenoxy) is 3. The molecule has 29 heavy (non-hydrogen) atoms. The summed E-state index contributed by atoms with van der Waals surface area (Å²) in [5.74, 6) is 2.36. The number of benzene rings is 2. The molecule has 0 radical (unpaired) electrons. The Labute approximate surface area is 172 Å². The van der Waals surface area contributed by atoms with Crippen LogP contribution in [0.2, 0.25) is 0 Å². The molecule has 0 spiro atoms. The molecule has 2 aromatic rings. The van der Waals surface area contributed by atoms with E-state index < -0.39 is 0 Å². The minimum Gasteiger partial charge on any atom is -0.497 e. The van der Waals surface area contributed by atoms with Crippen LogP contribution in [-0.4, -0.2) is 64.0 Å². The lowest BCUT2D eigenvalue weighted by Crippen LogP contribution is -2.52. The van der Waals surface area contributed by atoms with E-state index in [0.717, 1.165) is 36.0 Å². The number of hydrogen-bond acceptors (Lipinski definition) is 5. The third kappa shape index (κ3) is 5.94. The van der Waals surface area contributed by atoms with Crippen LogP contribution in [-0.2, 0) is 0 Å². The summed E-state index contributed by atoms with van der Waals surface area (Å²) in [6.07, 6.45) is 0. The van der Waals surface area contributed by atoms with Gasteiger partial charge in [-0.05, 0) is 43.3 Å². The SMILES string of the molecule is CCOc1cccc(OCCNC(=O)N2CCN(c3ccc(OC)cc3)CC2)c1. The van der Waals surface area contributed by atoms with Crippen molar-refractivity contribution in [1.29, 1.82) is 0 Å². The van der Waals surface area contributed by atoms with Crippen molar-refractivity contribution in [3.8, 4) is 17.2 Å². The molecule has 0 saturated carbocycles. The molecular weight excluding hydrogens is 370 g/mol. The van der Waals surface area contributed by atoms with Gasteiger partial charge in [0.15, 0.2) is 0 Å². The highest BCUT2D eigenvalue weighted by molar-refractivity contribution is 5.74. The van der Waals surface area contributed by atoms with Crippen LogP contribution in [0.25, 0.3) is 0 Å². The van der Waals surface area contributed by atoms with E-state index >= 15 is 0 Å². The van der Waals surface area contributed by atoms with E-state index in [9.17, 15) is 4.79 Å². The van der Waals surface area contributed by atoms with Crippen LogP contribution >= 0.6 is 0 Å². The number of anilines is 1. The molecule has 7 heteroatoms. The van der Waals surface area contributed by atoms with Crippen molar-refractivity contribution in [2.75, 3.05) is 57.9 Å². The standard InChI is InChI=1S/C22H29N3O4/c1-3-28-20-5-4-6-21(17-20)29-16-11-23-22(26)25-14-12-24(13-15-25)18-7-9-19(27-2)10-8-18/h4-10,17H,3,11-16H2,1-2H3,(H,23,26). The van der Waals surface area contributed by atoms with Crippen LogP contribution in [0, 0.1) is 0 Å². The molecule has 0 aromatic heterocycles. The van der Waals surface area contributed by atoms with Gasteiger partial charge in [0, 0.05) is 37.9 Å². The van der Waals surface area contributed by atoms with E-state index in [4.69, 9.17) is 14.2 Å². The average molecular weight is 399 g/mol. The van der Waals surface area contributed by atoms with Gasteiger partial charge in [-0.25, -0.2) is 4.79 Å². The van der Waals surface area contributed by atoms with Gasteiger partial charge in [0.2, 0.25) is 0 Å². The Balaban J connectivity index is 1.37. The molecule has 0 aliphatic carbocycles. The van der Waals surface area contributed by atoms with Gasteiger partial charge in [-0.1, -0.05) is 6.07 Å². The van der Waals surface area contributed by atoms with Crippen molar-refractivity contribution in [2.45, 2.75) is 6.92 Å². The third-order valence-corrected chi connectivity index (χ3v) is 4.77. The van der Waals surface area contributed by atoms with Crippen molar-refractivity contribution >= 4 is 11.7 Å². The molecule has 1 aliphatic heterocycles. The fourth-order valence-corrected chi connectivity index (χ4v) is 3.22. The van der Waals surface area contributed by atoms with Crippen molar-refractivity contribution in [2.24, 2.45) is 0 Å². The maximum Gasteiger partial charge on any atom is 0.317 e. The summed E-state index contributed by atoms with van der Waals surface area (Å²) in [5, 5.41) is 2.93. The zero-order valence-corrected chi connectivity index (χ0v) is 17.1. The van der Waals surface area contributed by atoms with E-state index in [1.807, 2.05) is 60.4 Å². The van der Waals surface area contributed by atoms with Crippen molar-refractivity contribution in [3.05, 3.63) is 48.5 Å². The first kappa shape index (κ1) is 20.6. The number of urea groups is 1. The molecule has 1 saturated heterocycles. The number of amides is 2. The fourth-order valence-electron chi connectivity index (χ4n) is 3.22. The number of nitrogens with one attached hydrogen (secondary N) is 1. The Kier molecular flexibility index (Phi) is 7.44. The molecule has 1 heterocycles. The zero-order chi connectivity index (χ0) is 20.5. The number of rotatable bonds is 8. The van der Waals surface area contributed by atoms with E-state index in [1.165, 1.54) is 0 Å². The van der Waals surface area contributed by atoms with E-state index in [0.29, 0.717) is 32.8 Å². The van der Waals surface area contributed by atoms with Crippen molar-refractivity contribution < 1.29 is 19.0 Å². The Morgan fingerprint density at radius 3 is 2.31 bits per heavy atom. The number of carbonyl (C=O) groups is 1. The first-order valence-electron chi connectivity index (χ1n) is 9.97. The Morgan fingerprint density at radius 1 is 0.966 bits per heavy atom. The quantitative estimate of drug-likeness (QED) is 0.692. The van der Waals surface area contributed by atoms with E-state index in [1.54, 1.807) is 7.11 Å². The monoisotopic (exact) mass is 399 g/mol. The Morgan fingerprint density at radius 2 is 1.66 bits per heavy atom. The Bertz CT molecular complexity index is 774. The number of methoxy groups -OCH3 is 1. The van der Waals surface area contributed by atoms with Crippen molar-refractivity contribution in [3.63, 3.8) is 0 Å². The summed E-state index contributed by atoms with van der Waals surface area (Å²) >= 11 is 0. The predicted octanol–water partition coefficient (Wildman–Crippen LogP) is 3.00. The summed E-state index contributed by atoms with van der Waals surface area (Å²) in [6, 6.07) is 15.5. The molecule has 2 amide bonds. The van der Waals surface area contributed by atoms with Gasteiger partial charge in [-0.15, -0.1) is 0 Å². The summed E-state index contributed by atoms with van der Waals surface area (Å²) in [6.45, 7) is 6.42. The first-order valence-corrected chi connectivity index (χ1v) is 9.97. The molecular formula is C22H29N3O4. The number of piperazine rings is 1. The third-order valence-electron chi connectivity index (χ3n) is 4.77. The highest BCUT2D eigenvalue weighted by Crippen LogP contribution is 2.21. The lowest BCUT2D eigenvalue weighted by Gasteiger charge is -2.36. The molecule has 1 aliphatic rings. The van der Waals surface area contributed by atoms with Gasteiger partial charge in [0.05, 0.1) is 20.3 Å². The first-order chi connectivity index (χ1) is 14.2. The molecule has 0 atom stereocenters. The van der Waals surface area contributed by atoms with Crippen LogP contribution in [0.1, 0.15) is 6.92 Å². The van der Waals surface area contributed by atoms with Gasteiger partial charge in [0.1, 0.15) is 23.9 Å². The molecule has 1 fully saturated rings. The highest BCUT2D eigenvalue weighted by atomic mass is 16.5. The number of nitrogens with zero attached hydrogens (tertiary/aromatic N) is 2. The number of hydrogen-bond donors (Lipinski definition) is 1. The maximum atomic E-state index is 12.4. The fraction of sp³-hybridized carbons (Fsp3) is 0.409. The topological polar surface area (TPSA) is 63.3 Å². The molecule has 7 nitrogen and oxygen atoms in total. The van der Waals surface area contributed by atoms with Gasteiger partial charge in [0.25, 0.3) is 0 Å².